The summed E-state index contributed by atoms with van der Waals surface area (Å²) in [6.45, 7) is 8.47. The van der Waals surface area contributed by atoms with E-state index >= 15 is 0 Å². The lowest BCUT2D eigenvalue weighted by Crippen LogP contribution is -2.52. The topological polar surface area (TPSA) is 126 Å². The van der Waals surface area contributed by atoms with Crippen molar-refractivity contribution in [3.63, 3.8) is 0 Å². The number of benzene rings is 3. The van der Waals surface area contributed by atoms with Crippen molar-refractivity contribution in [3.8, 4) is 0 Å². The molecular formula is C36H47FN4O6. The SMILES string of the molecule is CNC(=O)[C@@H](Cc1ccccc1F)N(C)C(=O)[C@@H](CNC(=O)COCC(C)(C)NC(=O)OC(C)(C)C)Cc1ccc2ccccc2c1. The molecule has 0 aliphatic rings. The van der Waals surface area contributed by atoms with E-state index in [2.05, 4.69) is 16.0 Å². The fourth-order valence-electron chi connectivity index (χ4n) is 5.09. The molecule has 0 heterocycles. The van der Waals surface area contributed by atoms with Gasteiger partial charge in [0, 0.05) is 27.1 Å². The number of hydrogen-bond donors (Lipinski definition) is 3. The lowest BCUT2D eigenvalue weighted by atomic mass is 9.94. The number of nitrogens with one attached hydrogen (secondary N) is 3. The van der Waals surface area contributed by atoms with Gasteiger partial charge < -0.3 is 30.3 Å². The number of likely N-dealkylation sites (N-methyl/N-ethyl adjacent to an activating group) is 2. The number of carbonyl (C=O) groups is 4. The molecule has 0 radical (unpaired) electrons. The van der Waals surface area contributed by atoms with E-state index in [1.165, 1.54) is 25.1 Å². The fourth-order valence-corrected chi connectivity index (χ4v) is 5.09. The van der Waals surface area contributed by atoms with Gasteiger partial charge in [0.05, 0.1) is 18.1 Å². The first-order valence-electron chi connectivity index (χ1n) is 15.6. The molecule has 0 aromatic heterocycles. The first-order valence-corrected chi connectivity index (χ1v) is 15.6. The molecule has 4 amide bonds. The van der Waals surface area contributed by atoms with Crippen LogP contribution in [0.1, 0.15) is 45.7 Å². The van der Waals surface area contributed by atoms with E-state index < -0.39 is 46.8 Å². The van der Waals surface area contributed by atoms with Crippen LogP contribution in [0, 0.1) is 11.7 Å². The van der Waals surface area contributed by atoms with Crippen LogP contribution in [0.25, 0.3) is 10.8 Å². The molecular weight excluding hydrogens is 603 g/mol. The normalized spacial score (nSPS) is 12.9. The highest BCUT2D eigenvalue weighted by Crippen LogP contribution is 2.21. The summed E-state index contributed by atoms with van der Waals surface area (Å²) in [5.41, 5.74) is -0.288. The van der Waals surface area contributed by atoms with Crippen LogP contribution in [0.2, 0.25) is 0 Å². The van der Waals surface area contributed by atoms with E-state index in [0.717, 1.165) is 16.3 Å². The Labute approximate surface area is 276 Å². The number of amides is 4. The number of carbonyl (C=O) groups excluding carboxylic acids is 4. The van der Waals surface area contributed by atoms with Crippen molar-refractivity contribution in [2.75, 3.05) is 33.9 Å². The third-order valence-corrected chi connectivity index (χ3v) is 7.46. The second-order valence-electron chi connectivity index (χ2n) is 13.3. The van der Waals surface area contributed by atoms with Crippen LogP contribution in [0.4, 0.5) is 9.18 Å². The lowest BCUT2D eigenvalue weighted by Gasteiger charge is -2.31. The van der Waals surface area contributed by atoms with Crippen LogP contribution in [-0.2, 0) is 36.7 Å². The quantitative estimate of drug-likeness (QED) is 0.238. The van der Waals surface area contributed by atoms with Gasteiger partial charge in [0.15, 0.2) is 0 Å². The zero-order valence-electron chi connectivity index (χ0n) is 28.3. The molecule has 3 aromatic carbocycles. The molecule has 0 saturated heterocycles. The summed E-state index contributed by atoms with van der Waals surface area (Å²) < 4.78 is 25.4. The largest absolute Gasteiger partial charge is 0.444 e. The highest BCUT2D eigenvalue weighted by Gasteiger charge is 2.32. The number of fused-ring (bicyclic) bond motifs is 1. The summed E-state index contributed by atoms with van der Waals surface area (Å²) >= 11 is 0. The Bertz CT molecular complexity index is 1550. The number of rotatable bonds is 14. The van der Waals surface area contributed by atoms with Crippen molar-refractivity contribution >= 4 is 34.6 Å². The summed E-state index contributed by atoms with van der Waals surface area (Å²) in [5.74, 6) is -2.48. The maximum atomic E-state index is 14.5. The second kappa shape index (κ2) is 16.4. The number of nitrogens with zero attached hydrogens (tertiary/aromatic N) is 1. The third kappa shape index (κ3) is 11.7. The molecule has 2 atom stereocenters. The Morgan fingerprint density at radius 2 is 1.55 bits per heavy atom. The molecule has 3 N–H and O–H groups in total. The van der Waals surface area contributed by atoms with Gasteiger partial charge in [-0.3, -0.25) is 14.4 Å². The van der Waals surface area contributed by atoms with Crippen LogP contribution in [-0.4, -0.2) is 79.8 Å². The average Bonchev–Trinajstić information content (AvgIpc) is 3.00. The molecule has 3 rings (SSSR count). The number of alkyl carbamates (subject to hydrolysis) is 1. The standard InChI is InChI=1S/C36H47FN4O6/c1-35(2,3)47-34(45)40-36(4,5)23-46-22-31(42)39-21-28(19-24-16-17-25-12-8-9-13-26(25)18-24)33(44)41(7)30(32(43)38-6)20-27-14-10-11-15-29(27)37/h8-18,28,30H,19-23H2,1-7H3,(H,38,43)(H,39,42)(H,40,45)/t28-,30-/m1/s1. The van der Waals surface area contributed by atoms with Crippen molar-refractivity contribution in [1.82, 2.24) is 20.9 Å². The van der Waals surface area contributed by atoms with Crippen LogP contribution in [0.3, 0.4) is 0 Å². The summed E-state index contributed by atoms with van der Waals surface area (Å²) in [7, 11) is 2.98. The van der Waals surface area contributed by atoms with Crippen molar-refractivity contribution in [3.05, 3.63) is 83.7 Å². The van der Waals surface area contributed by atoms with Crippen molar-refractivity contribution in [1.29, 1.82) is 0 Å². The van der Waals surface area contributed by atoms with Gasteiger partial charge in [-0.25, -0.2) is 9.18 Å². The average molecular weight is 651 g/mol. The zero-order chi connectivity index (χ0) is 34.8. The zero-order valence-corrected chi connectivity index (χ0v) is 28.3. The number of hydrogen-bond acceptors (Lipinski definition) is 6. The molecule has 0 unspecified atom stereocenters. The Kier molecular flexibility index (Phi) is 12.9. The highest BCUT2D eigenvalue weighted by atomic mass is 19.1. The van der Waals surface area contributed by atoms with Gasteiger partial charge in [-0.2, -0.15) is 0 Å². The maximum absolute atomic E-state index is 14.5. The van der Waals surface area contributed by atoms with Crippen LogP contribution >= 0.6 is 0 Å². The van der Waals surface area contributed by atoms with Gasteiger partial charge in [-0.05, 0) is 69.0 Å². The predicted molar refractivity (Wildman–Crippen MR) is 179 cm³/mol. The Morgan fingerprint density at radius 3 is 2.21 bits per heavy atom. The monoisotopic (exact) mass is 650 g/mol. The fraction of sp³-hybridized carbons (Fsp3) is 0.444. The van der Waals surface area contributed by atoms with E-state index in [0.29, 0.717) is 5.56 Å². The molecule has 10 nitrogen and oxygen atoms in total. The first kappa shape index (κ1) is 37.0. The molecule has 47 heavy (non-hydrogen) atoms. The smallest absolute Gasteiger partial charge is 0.408 e. The van der Waals surface area contributed by atoms with Crippen molar-refractivity contribution in [2.24, 2.45) is 5.92 Å². The molecule has 3 aromatic rings. The van der Waals surface area contributed by atoms with E-state index in [-0.39, 0.29) is 38.5 Å². The highest BCUT2D eigenvalue weighted by molar-refractivity contribution is 5.89. The molecule has 0 aliphatic heterocycles. The van der Waals surface area contributed by atoms with Crippen LogP contribution < -0.4 is 16.0 Å². The molecule has 254 valence electrons. The van der Waals surface area contributed by atoms with E-state index in [1.54, 1.807) is 52.8 Å². The molecule has 0 saturated carbocycles. The second-order valence-corrected chi connectivity index (χ2v) is 13.3. The van der Waals surface area contributed by atoms with Gasteiger partial charge in [-0.15, -0.1) is 0 Å². The lowest BCUT2D eigenvalue weighted by molar-refractivity contribution is -0.142. The Hall–Kier alpha value is -4.51. The number of ether oxygens (including phenoxy) is 2. The summed E-state index contributed by atoms with van der Waals surface area (Å²) in [5, 5.41) is 10.2. The van der Waals surface area contributed by atoms with Crippen LogP contribution in [0.15, 0.2) is 66.7 Å². The van der Waals surface area contributed by atoms with Crippen molar-refractivity contribution in [2.45, 2.75) is 64.6 Å². The van der Waals surface area contributed by atoms with Gasteiger partial charge in [-0.1, -0.05) is 60.7 Å². The summed E-state index contributed by atoms with van der Waals surface area (Å²) in [4.78, 5) is 53.3. The van der Waals surface area contributed by atoms with Gasteiger partial charge in [0.1, 0.15) is 24.1 Å². The van der Waals surface area contributed by atoms with E-state index in [4.69, 9.17) is 9.47 Å². The minimum atomic E-state index is -0.984. The predicted octanol–water partition coefficient (Wildman–Crippen LogP) is 4.39. The van der Waals surface area contributed by atoms with Crippen molar-refractivity contribution < 1.29 is 33.0 Å². The Balaban J connectivity index is 1.73. The van der Waals surface area contributed by atoms with Gasteiger partial charge >= 0.3 is 6.09 Å². The first-order chi connectivity index (χ1) is 22.1. The third-order valence-electron chi connectivity index (χ3n) is 7.46. The number of halogens is 1. The summed E-state index contributed by atoms with van der Waals surface area (Å²) in [6.07, 6.45) is -0.341. The van der Waals surface area contributed by atoms with Gasteiger partial charge in [0.25, 0.3) is 0 Å². The molecule has 0 spiro atoms. The maximum Gasteiger partial charge on any atom is 0.408 e. The van der Waals surface area contributed by atoms with E-state index in [1.807, 2.05) is 42.5 Å². The van der Waals surface area contributed by atoms with Gasteiger partial charge in [0.2, 0.25) is 17.7 Å². The summed E-state index contributed by atoms with van der Waals surface area (Å²) in [6, 6.07) is 18.9. The van der Waals surface area contributed by atoms with Crippen LogP contribution in [0.5, 0.6) is 0 Å². The molecule has 0 fully saturated rings. The molecule has 0 bridgehead atoms. The Morgan fingerprint density at radius 1 is 0.894 bits per heavy atom. The molecule has 0 aliphatic carbocycles. The molecule has 11 heteroatoms. The minimum absolute atomic E-state index is 0.0232. The minimum Gasteiger partial charge on any atom is -0.444 e. The van der Waals surface area contributed by atoms with E-state index in [9.17, 15) is 23.6 Å².